The van der Waals surface area contributed by atoms with Crippen molar-refractivity contribution in [2.45, 2.75) is 18.9 Å². The summed E-state index contributed by atoms with van der Waals surface area (Å²) < 4.78 is 5.07. The molecule has 2 aromatic rings. The molecule has 2 aliphatic heterocycles. The number of carbonyl (C=O) groups is 1. The second-order valence-corrected chi connectivity index (χ2v) is 5.69. The molecule has 4 heteroatoms. The van der Waals surface area contributed by atoms with Gasteiger partial charge in [-0.25, -0.2) is 0 Å². The minimum absolute atomic E-state index is 0.0363. The van der Waals surface area contributed by atoms with Crippen molar-refractivity contribution in [3.8, 4) is 0 Å². The van der Waals surface area contributed by atoms with Gasteiger partial charge in [0.25, 0.3) is 0 Å². The first-order valence-electron chi connectivity index (χ1n) is 7.49. The molecule has 1 unspecified atom stereocenters. The summed E-state index contributed by atoms with van der Waals surface area (Å²) in [6, 6.07) is 8.34. The number of aromatic nitrogens is 1. The first kappa shape index (κ1) is 12.7. The van der Waals surface area contributed by atoms with E-state index in [1.807, 2.05) is 6.07 Å². The molecule has 1 N–H and O–H groups in total. The smallest absolute Gasteiger partial charge is 0.323 e. The zero-order valence-electron chi connectivity index (χ0n) is 11.8. The van der Waals surface area contributed by atoms with Gasteiger partial charge >= 0.3 is 5.97 Å². The molecule has 1 aromatic heterocycles. The third-order valence-electron chi connectivity index (χ3n) is 4.52. The number of cyclic esters (lactones) is 1. The van der Waals surface area contributed by atoms with Crippen LogP contribution >= 0.6 is 0 Å². The monoisotopic (exact) mass is 282 g/mol. The van der Waals surface area contributed by atoms with Crippen LogP contribution in [0.3, 0.4) is 0 Å². The van der Waals surface area contributed by atoms with Gasteiger partial charge in [-0.05, 0) is 18.1 Å². The molecule has 3 heterocycles. The van der Waals surface area contributed by atoms with E-state index in [1.165, 1.54) is 22.0 Å². The highest BCUT2D eigenvalue weighted by atomic mass is 16.5. The fraction of sp³-hybridized carbons (Fsp3) is 0.353. The molecule has 1 fully saturated rings. The molecule has 4 rings (SSSR count). The van der Waals surface area contributed by atoms with Crippen molar-refractivity contribution in [1.82, 2.24) is 9.88 Å². The Bertz CT molecular complexity index is 716. The van der Waals surface area contributed by atoms with Gasteiger partial charge in [0.15, 0.2) is 0 Å². The fourth-order valence-electron chi connectivity index (χ4n) is 3.37. The van der Waals surface area contributed by atoms with E-state index in [0.717, 1.165) is 25.9 Å². The second-order valence-electron chi connectivity index (χ2n) is 5.69. The van der Waals surface area contributed by atoms with Crippen molar-refractivity contribution in [2.24, 2.45) is 0 Å². The number of hydrogen-bond donors (Lipinski definition) is 1. The number of fused-ring (bicyclic) bond motifs is 1. The summed E-state index contributed by atoms with van der Waals surface area (Å²) in [5.74, 6) is -0.0565. The van der Waals surface area contributed by atoms with E-state index in [2.05, 4.69) is 40.4 Å². The number of aromatic amines is 1. The lowest BCUT2D eigenvalue weighted by Crippen LogP contribution is -2.41. The minimum atomic E-state index is -0.0565. The SMILES string of the molecule is O=C1OCCC1N1CC=C(c2c[nH]c3ccccc23)CC1. The summed E-state index contributed by atoms with van der Waals surface area (Å²) in [4.78, 5) is 17.2. The van der Waals surface area contributed by atoms with Crippen LogP contribution in [-0.4, -0.2) is 41.6 Å². The fourth-order valence-corrected chi connectivity index (χ4v) is 3.37. The molecule has 0 bridgehead atoms. The number of nitrogens with zero attached hydrogens (tertiary/aromatic N) is 1. The van der Waals surface area contributed by atoms with E-state index in [4.69, 9.17) is 4.74 Å². The van der Waals surface area contributed by atoms with Gasteiger partial charge in [0.2, 0.25) is 0 Å². The van der Waals surface area contributed by atoms with Crippen LogP contribution in [0.25, 0.3) is 16.5 Å². The Morgan fingerprint density at radius 1 is 1.29 bits per heavy atom. The molecule has 1 aromatic carbocycles. The Kier molecular flexibility index (Phi) is 3.04. The largest absolute Gasteiger partial charge is 0.464 e. The van der Waals surface area contributed by atoms with Crippen LogP contribution in [0.2, 0.25) is 0 Å². The molecular weight excluding hydrogens is 264 g/mol. The van der Waals surface area contributed by atoms with Gasteiger partial charge in [0.05, 0.1) is 6.61 Å². The van der Waals surface area contributed by atoms with Crippen LogP contribution in [0.1, 0.15) is 18.4 Å². The average molecular weight is 282 g/mol. The quantitative estimate of drug-likeness (QED) is 0.861. The Balaban J connectivity index is 1.58. The molecule has 0 aliphatic carbocycles. The number of benzene rings is 1. The molecule has 0 spiro atoms. The topological polar surface area (TPSA) is 45.3 Å². The first-order chi connectivity index (χ1) is 10.3. The average Bonchev–Trinajstić information content (AvgIpc) is 3.14. The molecule has 2 aliphatic rings. The third kappa shape index (κ3) is 2.16. The van der Waals surface area contributed by atoms with Crippen LogP contribution in [-0.2, 0) is 9.53 Å². The summed E-state index contributed by atoms with van der Waals surface area (Å²) in [5, 5.41) is 1.28. The maximum absolute atomic E-state index is 11.7. The van der Waals surface area contributed by atoms with Gasteiger partial charge in [-0.15, -0.1) is 0 Å². The molecule has 1 atom stereocenters. The molecule has 21 heavy (non-hydrogen) atoms. The van der Waals surface area contributed by atoms with Crippen molar-refractivity contribution in [3.63, 3.8) is 0 Å². The van der Waals surface area contributed by atoms with E-state index in [9.17, 15) is 4.79 Å². The summed E-state index contributed by atoms with van der Waals surface area (Å²) in [6.07, 6.45) is 6.15. The molecule has 0 saturated carbocycles. The number of esters is 1. The van der Waals surface area contributed by atoms with Crippen molar-refractivity contribution < 1.29 is 9.53 Å². The van der Waals surface area contributed by atoms with Crippen LogP contribution in [0.5, 0.6) is 0 Å². The van der Waals surface area contributed by atoms with E-state index in [0.29, 0.717) is 6.61 Å². The molecular formula is C17H18N2O2. The number of nitrogens with one attached hydrogen (secondary N) is 1. The van der Waals surface area contributed by atoms with E-state index in [1.54, 1.807) is 0 Å². The number of carbonyl (C=O) groups excluding carboxylic acids is 1. The van der Waals surface area contributed by atoms with E-state index >= 15 is 0 Å². The highest BCUT2D eigenvalue weighted by molar-refractivity contribution is 5.92. The molecule has 108 valence electrons. The molecule has 4 nitrogen and oxygen atoms in total. The normalized spacial score (nSPS) is 23.3. The van der Waals surface area contributed by atoms with E-state index in [-0.39, 0.29) is 12.0 Å². The number of ether oxygens (including phenoxy) is 1. The summed E-state index contributed by atoms with van der Waals surface area (Å²) in [5.41, 5.74) is 3.84. The highest BCUT2D eigenvalue weighted by Gasteiger charge is 2.32. The summed E-state index contributed by atoms with van der Waals surface area (Å²) in [7, 11) is 0. The van der Waals surface area contributed by atoms with Crippen molar-refractivity contribution >= 4 is 22.4 Å². The van der Waals surface area contributed by atoms with Crippen LogP contribution in [0, 0.1) is 0 Å². The standard InChI is InChI=1S/C17H18N2O2/c20-17-16(7-10-21-17)19-8-5-12(6-9-19)14-11-18-15-4-2-1-3-13(14)15/h1-5,11,16,18H,6-10H2. The van der Waals surface area contributed by atoms with Crippen molar-refractivity contribution in [1.29, 1.82) is 0 Å². The lowest BCUT2D eigenvalue weighted by molar-refractivity contribution is -0.142. The lowest BCUT2D eigenvalue weighted by Gasteiger charge is -2.29. The predicted molar refractivity (Wildman–Crippen MR) is 81.8 cm³/mol. The first-order valence-corrected chi connectivity index (χ1v) is 7.49. The van der Waals surface area contributed by atoms with E-state index < -0.39 is 0 Å². The third-order valence-corrected chi connectivity index (χ3v) is 4.52. The zero-order valence-corrected chi connectivity index (χ0v) is 11.8. The van der Waals surface area contributed by atoms with Crippen molar-refractivity contribution in [2.75, 3.05) is 19.7 Å². The maximum Gasteiger partial charge on any atom is 0.323 e. The van der Waals surface area contributed by atoms with Crippen LogP contribution in [0.15, 0.2) is 36.5 Å². The number of hydrogen-bond acceptors (Lipinski definition) is 3. The molecule has 1 saturated heterocycles. The van der Waals surface area contributed by atoms with Gasteiger partial charge in [0.1, 0.15) is 6.04 Å². The Morgan fingerprint density at radius 2 is 2.19 bits per heavy atom. The summed E-state index contributed by atoms with van der Waals surface area (Å²) in [6.45, 7) is 2.32. The molecule has 0 radical (unpaired) electrons. The maximum atomic E-state index is 11.7. The van der Waals surface area contributed by atoms with Gasteiger partial charge in [-0.1, -0.05) is 24.3 Å². The van der Waals surface area contributed by atoms with Crippen molar-refractivity contribution in [3.05, 3.63) is 42.1 Å². The Morgan fingerprint density at radius 3 is 2.95 bits per heavy atom. The second kappa shape index (κ2) is 5.04. The van der Waals surface area contributed by atoms with Crippen LogP contribution < -0.4 is 0 Å². The van der Waals surface area contributed by atoms with Gasteiger partial charge in [0, 0.05) is 42.2 Å². The molecule has 0 amide bonds. The zero-order chi connectivity index (χ0) is 14.2. The minimum Gasteiger partial charge on any atom is -0.464 e. The number of rotatable bonds is 2. The van der Waals surface area contributed by atoms with Gasteiger partial charge in [-0.3, -0.25) is 9.69 Å². The summed E-state index contributed by atoms with van der Waals surface area (Å²) >= 11 is 0. The predicted octanol–water partition coefficient (Wildman–Crippen LogP) is 2.57. The lowest BCUT2D eigenvalue weighted by atomic mass is 9.98. The Hall–Kier alpha value is -2.07. The Labute approximate surface area is 123 Å². The number of para-hydroxylation sites is 1. The highest BCUT2D eigenvalue weighted by Crippen LogP contribution is 2.30. The van der Waals surface area contributed by atoms with Crippen LogP contribution in [0.4, 0.5) is 0 Å². The van der Waals surface area contributed by atoms with Gasteiger partial charge < -0.3 is 9.72 Å². The number of H-pyrrole nitrogens is 1. The van der Waals surface area contributed by atoms with Gasteiger partial charge in [-0.2, -0.15) is 0 Å².